The van der Waals surface area contributed by atoms with E-state index in [1.807, 2.05) is 0 Å². The fourth-order valence-electron chi connectivity index (χ4n) is 3.34. The van der Waals surface area contributed by atoms with E-state index in [0.717, 1.165) is 5.56 Å². The van der Waals surface area contributed by atoms with Crippen LogP contribution in [0.2, 0.25) is 0 Å². The molecular formula is C23H15NO6. The SMILES string of the molecule is Cc1cc(OC(=O)c2ccc3c(c2)OCO3)cc2c1C(=O)/C(=C/c1ccncc1)O2. The van der Waals surface area contributed by atoms with Gasteiger partial charge in [0.15, 0.2) is 17.3 Å². The number of esters is 1. The van der Waals surface area contributed by atoms with Gasteiger partial charge >= 0.3 is 5.97 Å². The van der Waals surface area contributed by atoms with E-state index in [2.05, 4.69) is 4.98 Å². The Kier molecular flexibility index (Phi) is 4.21. The summed E-state index contributed by atoms with van der Waals surface area (Å²) in [6.07, 6.45) is 4.93. The third-order valence-electron chi connectivity index (χ3n) is 4.77. The van der Waals surface area contributed by atoms with Gasteiger partial charge in [-0.15, -0.1) is 0 Å². The van der Waals surface area contributed by atoms with Gasteiger partial charge in [0.05, 0.1) is 11.1 Å². The molecule has 1 aromatic heterocycles. The Labute approximate surface area is 171 Å². The van der Waals surface area contributed by atoms with E-state index in [0.29, 0.717) is 33.9 Å². The maximum atomic E-state index is 12.7. The van der Waals surface area contributed by atoms with Crippen LogP contribution in [0, 0.1) is 6.92 Å². The van der Waals surface area contributed by atoms with Crippen molar-refractivity contribution in [1.29, 1.82) is 0 Å². The lowest BCUT2D eigenvalue weighted by molar-refractivity contribution is 0.0734. The molecule has 30 heavy (non-hydrogen) atoms. The molecule has 2 aliphatic rings. The highest BCUT2D eigenvalue weighted by atomic mass is 16.7. The number of hydrogen-bond donors (Lipinski definition) is 0. The zero-order valence-corrected chi connectivity index (χ0v) is 15.9. The Bertz CT molecular complexity index is 1220. The van der Waals surface area contributed by atoms with E-state index in [1.54, 1.807) is 67.9 Å². The molecule has 0 fully saturated rings. The predicted octanol–water partition coefficient (Wildman–Crippen LogP) is 3.95. The molecule has 0 spiro atoms. The number of hydrogen-bond acceptors (Lipinski definition) is 7. The molecule has 2 aromatic carbocycles. The zero-order valence-electron chi connectivity index (χ0n) is 15.9. The highest BCUT2D eigenvalue weighted by Gasteiger charge is 2.30. The number of pyridine rings is 1. The van der Waals surface area contributed by atoms with Crippen LogP contribution in [-0.2, 0) is 0 Å². The molecule has 5 rings (SSSR count). The molecule has 0 N–H and O–H groups in total. The summed E-state index contributed by atoms with van der Waals surface area (Å²) in [4.78, 5) is 29.3. The van der Waals surface area contributed by atoms with E-state index in [-0.39, 0.29) is 24.1 Å². The minimum Gasteiger partial charge on any atom is -0.454 e. The molecule has 148 valence electrons. The number of aromatic nitrogens is 1. The molecule has 3 aromatic rings. The van der Waals surface area contributed by atoms with Crippen LogP contribution in [-0.4, -0.2) is 23.5 Å². The summed E-state index contributed by atoms with van der Waals surface area (Å²) < 4.78 is 21.8. The van der Waals surface area contributed by atoms with Gasteiger partial charge in [-0.25, -0.2) is 4.79 Å². The fraction of sp³-hybridized carbons (Fsp3) is 0.0870. The van der Waals surface area contributed by atoms with Gasteiger partial charge in [-0.1, -0.05) is 0 Å². The topological polar surface area (TPSA) is 84.0 Å². The summed E-state index contributed by atoms with van der Waals surface area (Å²) in [6.45, 7) is 1.89. The summed E-state index contributed by atoms with van der Waals surface area (Å²) in [6, 6.07) is 11.6. The lowest BCUT2D eigenvalue weighted by Crippen LogP contribution is -2.08. The molecule has 0 amide bonds. The summed E-state index contributed by atoms with van der Waals surface area (Å²) in [5.74, 6) is 1.16. The number of rotatable bonds is 3. The second-order valence-electron chi connectivity index (χ2n) is 6.79. The molecule has 0 unspecified atom stereocenters. The van der Waals surface area contributed by atoms with Gasteiger partial charge in [-0.05, 0) is 60.5 Å². The van der Waals surface area contributed by atoms with E-state index < -0.39 is 5.97 Å². The summed E-state index contributed by atoms with van der Waals surface area (Å²) in [7, 11) is 0. The smallest absolute Gasteiger partial charge is 0.343 e. The average Bonchev–Trinajstić information content (AvgIpc) is 3.33. The van der Waals surface area contributed by atoms with Crippen molar-refractivity contribution in [2.24, 2.45) is 0 Å². The number of ketones is 1. The van der Waals surface area contributed by atoms with Crippen LogP contribution in [0.4, 0.5) is 0 Å². The molecule has 0 atom stereocenters. The van der Waals surface area contributed by atoms with E-state index >= 15 is 0 Å². The molecule has 3 heterocycles. The van der Waals surface area contributed by atoms with Gasteiger partial charge in [0, 0.05) is 18.5 Å². The van der Waals surface area contributed by atoms with Gasteiger partial charge in [0.1, 0.15) is 11.5 Å². The first-order valence-corrected chi connectivity index (χ1v) is 9.19. The number of fused-ring (bicyclic) bond motifs is 2. The first kappa shape index (κ1) is 17.9. The minimum absolute atomic E-state index is 0.124. The highest BCUT2D eigenvalue weighted by Crippen LogP contribution is 2.38. The predicted molar refractivity (Wildman–Crippen MR) is 106 cm³/mol. The number of aryl methyl sites for hydroxylation is 1. The second-order valence-corrected chi connectivity index (χ2v) is 6.79. The highest BCUT2D eigenvalue weighted by molar-refractivity contribution is 6.15. The molecule has 7 nitrogen and oxygen atoms in total. The van der Waals surface area contributed by atoms with E-state index in [4.69, 9.17) is 18.9 Å². The maximum Gasteiger partial charge on any atom is 0.343 e. The number of ether oxygens (including phenoxy) is 4. The van der Waals surface area contributed by atoms with Crippen molar-refractivity contribution in [3.8, 4) is 23.0 Å². The third kappa shape index (κ3) is 3.16. The standard InChI is InChI=1S/C23H15NO6/c1-13-8-16(29-23(26)15-2-3-17-18(10-15)28-12-27-17)11-19-21(13)22(25)20(30-19)9-14-4-6-24-7-5-14/h2-11H,12H2,1H3/b20-9-. The lowest BCUT2D eigenvalue weighted by atomic mass is 10.0. The molecule has 7 heteroatoms. The molecule has 2 aliphatic heterocycles. The normalized spacial score (nSPS) is 15.1. The summed E-state index contributed by atoms with van der Waals surface area (Å²) in [5.41, 5.74) is 2.24. The van der Waals surface area contributed by atoms with Crippen molar-refractivity contribution in [1.82, 2.24) is 4.98 Å². The van der Waals surface area contributed by atoms with Gasteiger partial charge in [-0.3, -0.25) is 9.78 Å². The van der Waals surface area contributed by atoms with Crippen molar-refractivity contribution < 1.29 is 28.5 Å². The third-order valence-corrected chi connectivity index (χ3v) is 4.77. The van der Waals surface area contributed by atoms with Gasteiger partial charge in [0.2, 0.25) is 12.6 Å². The second kappa shape index (κ2) is 7.04. The van der Waals surface area contributed by atoms with Crippen LogP contribution < -0.4 is 18.9 Å². The number of carbonyl (C=O) groups is 2. The summed E-state index contributed by atoms with van der Waals surface area (Å²) in [5, 5.41) is 0. The van der Waals surface area contributed by atoms with Crippen LogP contribution in [0.25, 0.3) is 6.08 Å². The van der Waals surface area contributed by atoms with Crippen LogP contribution in [0.1, 0.15) is 31.8 Å². The largest absolute Gasteiger partial charge is 0.454 e. The van der Waals surface area contributed by atoms with E-state index in [9.17, 15) is 9.59 Å². The number of carbonyl (C=O) groups excluding carboxylic acids is 2. The Morgan fingerprint density at radius 1 is 1.03 bits per heavy atom. The van der Waals surface area contributed by atoms with Gasteiger partial charge < -0.3 is 18.9 Å². The fourth-order valence-corrected chi connectivity index (χ4v) is 3.34. The van der Waals surface area contributed by atoms with Crippen molar-refractivity contribution >= 4 is 17.8 Å². The van der Waals surface area contributed by atoms with Crippen molar-refractivity contribution in [2.45, 2.75) is 6.92 Å². The van der Waals surface area contributed by atoms with E-state index in [1.165, 1.54) is 0 Å². The van der Waals surface area contributed by atoms with Crippen LogP contribution >= 0.6 is 0 Å². The Balaban J connectivity index is 1.40. The number of nitrogens with zero attached hydrogens (tertiary/aromatic N) is 1. The summed E-state index contributed by atoms with van der Waals surface area (Å²) >= 11 is 0. The molecule has 0 saturated heterocycles. The Morgan fingerprint density at radius 3 is 2.67 bits per heavy atom. The molecule has 0 radical (unpaired) electrons. The number of allylic oxidation sites excluding steroid dienone is 1. The Morgan fingerprint density at radius 2 is 1.83 bits per heavy atom. The van der Waals surface area contributed by atoms with Crippen LogP contribution in [0.5, 0.6) is 23.0 Å². The van der Waals surface area contributed by atoms with Gasteiger partial charge in [-0.2, -0.15) is 0 Å². The minimum atomic E-state index is -0.551. The number of Topliss-reactive ketones (excluding diaryl/α,β-unsaturated/α-hetero) is 1. The van der Waals surface area contributed by atoms with Gasteiger partial charge in [0.25, 0.3) is 0 Å². The van der Waals surface area contributed by atoms with Crippen molar-refractivity contribution in [3.63, 3.8) is 0 Å². The van der Waals surface area contributed by atoms with Crippen LogP contribution in [0.3, 0.4) is 0 Å². The maximum absolute atomic E-state index is 12.7. The zero-order chi connectivity index (χ0) is 20.7. The van der Waals surface area contributed by atoms with Crippen LogP contribution in [0.15, 0.2) is 60.6 Å². The molecule has 0 aliphatic carbocycles. The average molecular weight is 401 g/mol. The number of benzene rings is 2. The lowest BCUT2D eigenvalue weighted by Gasteiger charge is -2.08. The molecular weight excluding hydrogens is 386 g/mol. The van der Waals surface area contributed by atoms with Crippen molar-refractivity contribution in [2.75, 3.05) is 6.79 Å². The van der Waals surface area contributed by atoms with Crippen molar-refractivity contribution in [3.05, 3.63) is 82.9 Å². The monoisotopic (exact) mass is 401 g/mol. The first-order chi connectivity index (χ1) is 14.6. The molecule has 0 bridgehead atoms. The quantitative estimate of drug-likeness (QED) is 0.373. The molecule has 0 saturated carbocycles. The Hall–Kier alpha value is -4.13. The first-order valence-electron chi connectivity index (χ1n) is 9.19.